The molecular weight excluding hydrogens is 340 g/mol. The maximum absolute atomic E-state index is 13.3. The molecule has 26 heavy (non-hydrogen) atoms. The van der Waals surface area contributed by atoms with Gasteiger partial charge in [-0.25, -0.2) is 0 Å². The highest BCUT2D eigenvalue weighted by Crippen LogP contribution is 2.47. The van der Waals surface area contributed by atoms with Gasteiger partial charge in [-0.05, 0) is 48.8 Å². The fraction of sp³-hybridized carbons (Fsp3) is 0.318. The van der Waals surface area contributed by atoms with Crippen molar-refractivity contribution in [2.45, 2.75) is 38.3 Å². The van der Waals surface area contributed by atoms with Crippen molar-refractivity contribution in [2.24, 2.45) is 7.05 Å². The zero-order chi connectivity index (χ0) is 17.7. The van der Waals surface area contributed by atoms with Gasteiger partial charge in [-0.1, -0.05) is 24.3 Å². The van der Waals surface area contributed by atoms with Crippen molar-refractivity contribution >= 4 is 28.1 Å². The summed E-state index contributed by atoms with van der Waals surface area (Å²) in [5.74, 6) is 0.256. The first kappa shape index (κ1) is 15.9. The Labute approximate surface area is 157 Å². The number of amides is 1. The fourth-order valence-electron chi connectivity index (χ4n) is 4.63. The van der Waals surface area contributed by atoms with Gasteiger partial charge >= 0.3 is 0 Å². The van der Waals surface area contributed by atoms with E-state index in [1.165, 1.54) is 33.3 Å². The summed E-state index contributed by atoms with van der Waals surface area (Å²) in [5, 5.41) is 3.36. The number of carbonyl (C=O) groups is 1. The number of aryl methyl sites for hydroxylation is 1. The second-order valence-electron chi connectivity index (χ2n) is 7.34. The Morgan fingerprint density at radius 1 is 1.12 bits per heavy atom. The summed E-state index contributed by atoms with van der Waals surface area (Å²) in [6.07, 6.45) is 6.56. The summed E-state index contributed by atoms with van der Waals surface area (Å²) in [4.78, 5) is 16.6. The van der Waals surface area contributed by atoms with Crippen LogP contribution in [0, 0.1) is 0 Å². The minimum atomic E-state index is 0.0889. The number of aromatic nitrogens is 1. The zero-order valence-electron chi connectivity index (χ0n) is 14.9. The zero-order valence-corrected chi connectivity index (χ0v) is 15.8. The smallest absolute Gasteiger partial charge is 0.250 e. The van der Waals surface area contributed by atoms with E-state index in [4.69, 9.17) is 0 Å². The quantitative estimate of drug-likeness (QED) is 0.629. The molecule has 3 nitrogen and oxygen atoms in total. The molecule has 1 amide bonds. The van der Waals surface area contributed by atoms with Gasteiger partial charge < -0.3 is 9.47 Å². The van der Waals surface area contributed by atoms with Crippen molar-refractivity contribution in [3.63, 3.8) is 0 Å². The summed E-state index contributed by atoms with van der Waals surface area (Å²) in [6.45, 7) is 0.706. The van der Waals surface area contributed by atoms with Crippen LogP contribution >= 0.6 is 11.3 Å². The molecule has 0 unspecified atom stereocenters. The second-order valence-corrected chi connectivity index (χ2v) is 8.37. The van der Waals surface area contributed by atoms with Crippen LogP contribution in [0.15, 0.2) is 59.1 Å². The first-order valence-corrected chi connectivity index (χ1v) is 10.2. The number of fused-ring (bicyclic) bond motifs is 1. The lowest BCUT2D eigenvalue weighted by Gasteiger charge is -2.27. The largest absolute Gasteiger partial charge is 0.350 e. The van der Waals surface area contributed by atoms with Crippen LogP contribution in [-0.2, 0) is 18.4 Å². The van der Waals surface area contributed by atoms with Crippen molar-refractivity contribution < 1.29 is 4.79 Å². The van der Waals surface area contributed by atoms with Gasteiger partial charge in [-0.3, -0.25) is 4.79 Å². The van der Waals surface area contributed by atoms with Crippen molar-refractivity contribution in [2.75, 3.05) is 0 Å². The van der Waals surface area contributed by atoms with Gasteiger partial charge in [0, 0.05) is 40.2 Å². The topological polar surface area (TPSA) is 25.2 Å². The van der Waals surface area contributed by atoms with E-state index in [-0.39, 0.29) is 11.9 Å². The van der Waals surface area contributed by atoms with E-state index in [0.717, 1.165) is 24.8 Å². The lowest BCUT2D eigenvalue weighted by molar-refractivity contribution is -0.127. The third kappa shape index (κ3) is 2.36. The minimum absolute atomic E-state index is 0.0889. The molecule has 0 N–H and O–H groups in total. The molecule has 1 atom stereocenters. The van der Waals surface area contributed by atoms with Crippen LogP contribution in [0.4, 0.5) is 0 Å². The molecule has 0 radical (unpaired) electrons. The standard InChI is InChI=1S/C22H22N2OS/c1-23-14-19(16-8-4-5-11-20(16)23)21-17-9-2-3-10-18(17)22(25)24(21)13-15-7-6-12-26-15/h4-8,11-12,14,21H,2-3,9-10,13H2,1H3/t21-/m0/s1. The van der Waals surface area contributed by atoms with E-state index >= 15 is 0 Å². The molecule has 5 rings (SSSR count). The molecule has 132 valence electrons. The predicted molar refractivity (Wildman–Crippen MR) is 106 cm³/mol. The Hall–Kier alpha value is -2.33. The summed E-state index contributed by atoms with van der Waals surface area (Å²) in [5.41, 5.74) is 4.97. The number of benzene rings is 1. The Bertz CT molecular complexity index is 1010. The van der Waals surface area contributed by atoms with E-state index in [9.17, 15) is 4.79 Å². The van der Waals surface area contributed by atoms with E-state index < -0.39 is 0 Å². The molecule has 0 saturated carbocycles. The maximum atomic E-state index is 13.3. The van der Waals surface area contributed by atoms with Crippen LogP contribution in [0.1, 0.15) is 42.2 Å². The molecule has 0 spiro atoms. The minimum Gasteiger partial charge on any atom is -0.350 e. The highest BCUT2D eigenvalue weighted by molar-refractivity contribution is 7.09. The molecule has 1 aliphatic carbocycles. The second kappa shape index (κ2) is 6.13. The Balaban J connectivity index is 1.66. The van der Waals surface area contributed by atoms with Crippen LogP contribution in [0.3, 0.4) is 0 Å². The van der Waals surface area contributed by atoms with E-state index in [0.29, 0.717) is 6.54 Å². The van der Waals surface area contributed by atoms with Crippen LogP contribution in [0.2, 0.25) is 0 Å². The molecule has 2 aromatic heterocycles. The number of rotatable bonds is 3. The lowest BCUT2D eigenvalue weighted by atomic mass is 9.87. The summed E-state index contributed by atoms with van der Waals surface area (Å²) in [7, 11) is 2.10. The van der Waals surface area contributed by atoms with Crippen LogP contribution < -0.4 is 0 Å². The van der Waals surface area contributed by atoms with Crippen LogP contribution in [0.25, 0.3) is 10.9 Å². The van der Waals surface area contributed by atoms with E-state index in [1.54, 1.807) is 11.3 Å². The molecule has 1 aliphatic heterocycles. The molecular formula is C22H22N2OS. The van der Waals surface area contributed by atoms with Gasteiger partial charge in [-0.15, -0.1) is 11.3 Å². The monoisotopic (exact) mass is 362 g/mol. The average molecular weight is 362 g/mol. The third-order valence-corrected chi connectivity index (χ3v) is 6.66. The number of hydrogen-bond donors (Lipinski definition) is 0. The normalized spacial score (nSPS) is 20.3. The first-order chi connectivity index (χ1) is 12.7. The van der Waals surface area contributed by atoms with Crippen molar-refractivity contribution in [1.82, 2.24) is 9.47 Å². The van der Waals surface area contributed by atoms with Gasteiger partial charge in [0.25, 0.3) is 5.91 Å². The molecule has 4 heteroatoms. The number of para-hydroxylation sites is 1. The van der Waals surface area contributed by atoms with Gasteiger partial charge in [0.1, 0.15) is 0 Å². The molecule has 2 aliphatic rings. The Morgan fingerprint density at radius 2 is 1.96 bits per heavy atom. The number of nitrogens with zero attached hydrogens (tertiary/aromatic N) is 2. The molecule has 1 aromatic carbocycles. The molecule has 0 bridgehead atoms. The van der Waals surface area contributed by atoms with Gasteiger partial charge in [0.2, 0.25) is 0 Å². The van der Waals surface area contributed by atoms with Crippen molar-refractivity contribution in [3.8, 4) is 0 Å². The third-order valence-electron chi connectivity index (χ3n) is 5.80. The predicted octanol–water partition coefficient (Wildman–Crippen LogP) is 5.19. The highest BCUT2D eigenvalue weighted by atomic mass is 32.1. The van der Waals surface area contributed by atoms with Crippen LogP contribution in [-0.4, -0.2) is 15.4 Å². The Kier molecular flexibility index (Phi) is 3.75. The average Bonchev–Trinajstić information content (AvgIpc) is 3.36. The van der Waals surface area contributed by atoms with Crippen molar-refractivity contribution in [3.05, 3.63) is 69.6 Å². The number of hydrogen-bond acceptors (Lipinski definition) is 2. The van der Waals surface area contributed by atoms with Gasteiger partial charge in [-0.2, -0.15) is 0 Å². The summed E-state index contributed by atoms with van der Waals surface area (Å²) in [6, 6.07) is 12.8. The number of thiophene rings is 1. The SMILES string of the molecule is Cn1cc([C@@H]2C3=C(CCCC3)C(=O)N2Cc2cccs2)c2ccccc21. The summed E-state index contributed by atoms with van der Waals surface area (Å²) >= 11 is 1.73. The fourth-order valence-corrected chi connectivity index (χ4v) is 5.34. The maximum Gasteiger partial charge on any atom is 0.250 e. The molecule has 3 aromatic rings. The van der Waals surface area contributed by atoms with Crippen molar-refractivity contribution in [1.29, 1.82) is 0 Å². The molecule has 0 saturated heterocycles. The first-order valence-electron chi connectivity index (χ1n) is 9.33. The molecule has 0 fully saturated rings. The van der Waals surface area contributed by atoms with Crippen LogP contribution in [0.5, 0.6) is 0 Å². The van der Waals surface area contributed by atoms with Gasteiger partial charge in [0.15, 0.2) is 0 Å². The highest BCUT2D eigenvalue weighted by Gasteiger charge is 2.41. The number of carbonyl (C=O) groups excluding carboxylic acids is 1. The Morgan fingerprint density at radius 3 is 2.81 bits per heavy atom. The van der Waals surface area contributed by atoms with Gasteiger partial charge in [0.05, 0.1) is 12.6 Å². The van der Waals surface area contributed by atoms with E-state index in [1.807, 2.05) is 0 Å². The lowest BCUT2D eigenvalue weighted by Crippen LogP contribution is -2.29. The summed E-state index contributed by atoms with van der Waals surface area (Å²) < 4.78 is 2.19. The molecule has 3 heterocycles. The van der Waals surface area contributed by atoms with E-state index in [2.05, 4.69) is 64.5 Å².